The molecule has 1 atom stereocenters. The van der Waals surface area contributed by atoms with Crippen LogP contribution in [0, 0.1) is 17.2 Å². The Morgan fingerprint density at radius 3 is 2.39 bits per heavy atom. The monoisotopic (exact) mass is 320 g/mol. The maximum atomic E-state index is 13.3. The lowest BCUT2D eigenvalue weighted by Crippen LogP contribution is -2.45. The van der Waals surface area contributed by atoms with Crippen LogP contribution in [0.15, 0.2) is 30.3 Å². The van der Waals surface area contributed by atoms with Crippen molar-refractivity contribution < 1.29 is 23.4 Å². The molecule has 0 N–H and O–H groups in total. The summed E-state index contributed by atoms with van der Waals surface area (Å²) in [5, 5.41) is 0. The lowest BCUT2D eigenvalue weighted by Gasteiger charge is -2.44. The molecule has 2 aliphatic rings. The van der Waals surface area contributed by atoms with Gasteiger partial charge in [0.1, 0.15) is 5.82 Å². The molecule has 1 unspecified atom stereocenters. The normalized spacial score (nSPS) is 25.2. The molecule has 1 spiro atoms. The van der Waals surface area contributed by atoms with Gasteiger partial charge in [0.2, 0.25) is 0 Å². The number of carbonyl (C=O) groups is 1. The summed E-state index contributed by atoms with van der Waals surface area (Å²) in [6.45, 7) is 5.04. The van der Waals surface area contributed by atoms with E-state index >= 15 is 0 Å². The van der Waals surface area contributed by atoms with Crippen molar-refractivity contribution in [2.75, 3.05) is 20.3 Å². The van der Waals surface area contributed by atoms with E-state index in [1.165, 1.54) is 19.2 Å². The van der Waals surface area contributed by atoms with Gasteiger partial charge in [-0.1, -0.05) is 26.0 Å². The van der Waals surface area contributed by atoms with Crippen molar-refractivity contribution in [1.29, 1.82) is 0 Å². The van der Waals surface area contributed by atoms with Gasteiger partial charge >= 0.3 is 5.97 Å². The van der Waals surface area contributed by atoms with E-state index in [4.69, 9.17) is 14.2 Å². The zero-order valence-corrected chi connectivity index (χ0v) is 13.6. The van der Waals surface area contributed by atoms with Crippen LogP contribution >= 0.6 is 0 Å². The van der Waals surface area contributed by atoms with E-state index in [9.17, 15) is 9.18 Å². The van der Waals surface area contributed by atoms with E-state index in [-0.39, 0.29) is 11.8 Å². The molecule has 1 aromatic rings. The minimum Gasteiger partial charge on any atom is -0.469 e. The predicted octanol–water partition coefficient (Wildman–Crippen LogP) is 3.17. The zero-order chi connectivity index (χ0) is 16.7. The summed E-state index contributed by atoms with van der Waals surface area (Å²) in [4.78, 5) is 12.4. The molecule has 1 fully saturated rings. The Bertz CT molecular complexity index is 627. The van der Waals surface area contributed by atoms with E-state index in [2.05, 4.69) is 0 Å². The molecular weight excluding hydrogens is 299 g/mol. The average Bonchev–Trinajstić information content (AvgIpc) is 2.93. The van der Waals surface area contributed by atoms with Crippen LogP contribution in [0.25, 0.3) is 5.57 Å². The predicted molar refractivity (Wildman–Crippen MR) is 82.9 cm³/mol. The molecule has 1 heterocycles. The first kappa shape index (κ1) is 16.1. The molecule has 1 aliphatic carbocycles. The van der Waals surface area contributed by atoms with Crippen LogP contribution in [0.1, 0.15) is 25.8 Å². The first-order valence-corrected chi connectivity index (χ1v) is 7.71. The molecule has 1 saturated heterocycles. The van der Waals surface area contributed by atoms with Crippen molar-refractivity contribution in [3.8, 4) is 0 Å². The van der Waals surface area contributed by atoms with Crippen LogP contribution in [0.2, 0.25) is 0 Å². The molecule has 0 bridgehead atoms. The highest BCUT2D eigenvalue weighted by Crippen LogP contribution is 2.51. The maximum absolute atomic E-state index is 13.3. The highest BCUT2D eigenvalue weighted by molar-refractivity contribution is 5.90. The summed E-state index contributed by atoms with van der Waals surface area (Å²) in [5.41, 5.74) is 1.11. The van der Waals surface area contributed by atoms with E-state index < -0.39 is 17.1 Å². The third kappa shape index (κ3) is 2.91. The van der Waals surface area contributed by atoms with Gasteiger partial charge in [-0.15, -0.1) is 0 Å². The Morgan fingerprint density at radius 2 is 1.83 bits per heavy atom. The lowest BCUT2D eigenvalue weighted by atomic mass is 9.65. The van der Waals surface area contributed by atoms with E-state index in [0.717, 1.165) is 11.1 Å². The number of hydrogen-bond donors (Lipinski definition) is 0. The van der Waals surface area contributed by atoms with E-state index in [1.807, 2.05) is 19.9 Å². The van der Waals surface area contributed by atoms with Crippen LogP contribution in [-0.4, -0.2) is 32.1 Å². The Labute approximate surface area is 135 Å². The fourth-order valence-corrected chi connectivity index (χ4v) is 3.64. The van der Waals surface area contributed by atoms with Crippen molar-refractivity contribution in [3.63, 3.8) is 0 Å². The molecule has 5 heteroatoms. The summed E-state index contributed by atoms with van der Waals surface area (Å²) >= 11 is 0. The smallest absolute Gasteiger partial charge is 0.313 e. The average molecular weight is 320 g/mol. The SMILES string of the molecule is COC(=O)C1C(c2ccc(F)cc2)=CC2(CC1(C)C)OCCO2. The zero-order valence-electron chi connectivity index (χ0n) is 13.6. The van der Waals surface area contributed by atoms with Gasteiger partial charge in [-0.25, -0.2) is 4.39 Å². The second-order valence-corrected chi connectivity index (χ2v) is 6.74. The minimum atomic E-state index is -0.822. The number of hydrogen-bond acceptors (Lipinski definition) is 4. The molecule has 124 valence electrons. The van der Waals surface area contributed by atoms with Gasteiger partial charge < -0.3 is 14.2 Å². The van der Waals surface area contributed by atoms with Gasteiger partial charge in [0.15, 0.2) is 5.79 Å². The molecule has 1 aliphatic heterocycles. The van der Waals surface area contributed by atoms with Crippen molar-refractivity contribution in [2.24, 2.45) is 11.3 Å². The molecule has 1 aromatic carbocycles. The van der Waals surface area contributed by atoms with Crippen LogP contribution in [0.3, 0.4) is 0 Å². The second-order valence-electron chi connectivity index (χ2n) is 6.74. The van der Waals surface area contributed by atoms with Crippen LogP contribution in [0.5, 0.6) is 0 Å². The standard InChI is InChI=1S/C18H21FO4/c1-17(2)11-18(22-8-9-23-18)10-14(15(17)16(20)21-3)12-4-6-13(19)7-5-12/h4-7,10,15H,8-9,11H2,1-3H3. The van der Waals surface area contributed by atoms with Crippen LogP contribution in [0.4, 0.5) is 4.39 Å². The quantitative estimate of drug-likeness (QED) is 0.785. The van der Waals surface area contributed by atoms with Gasteiger partial charge in [-0.2, -0.15) is 0 Å². The van der Waals surface area contributed by atoms with Gasteiger partial charge in [0.25, 0.3) is 0 Å². The van der Waals surface area contributed by atoms with Gasteiger partial charge in [0, 0.05) is 6.42 Å². The first-order valence-electron chi connectivity index (χ1n) is 7.71. The Morgan fingerprint density at radius 1 is 1.22 bits per heavy atom. The maximum Gasteiger partial charge on any atom is 0.313 e. The molecule has 23 heavy (non-hydrogen) atoms. The molecule has 0 aromatic heterocycles. The molecule has 0 saturated carbocycles. The lowest BCUT2D eigenvalue weighted by molar-refractivity contribution is -0.163. The number of methoxy groups -OCH3 is 1. The number of benzene rings is 1. The Hall–Kier alpha value is -1.72. The van der Waals surface area contributed by atoms with Gasteiger partial charge in [-0.3, -0.25) is 4.79 Å². The Kier molecular flexibility index (Phi) is 4.02. The third-order valence-electron chi connectivity index (χ3n) is 4.56. The number of rotatable bonds is 2. The summed E-state index contributed by atoms with van der Waals surface area (Å²) < 4.78 is 29.9. The number of carbonyl (C=O) groups excluding carboxylic acids is 1. The summed E-state index contributed by atoms with van der Waals surface area (Å²) in [6.07, 6.45) is 2.42. The first-order chi connectivity index (χ1) is 10.9. The van der Waals surface area contributed by atoms with Crippen molar-refractivity contribution in [1.82, 2.24) is 0 Å². The number of esters is 1. The van der Waals surface area contributed by atoms with E-state index in [0.29, 0.717) is 19.6 Å². The third-order valence-corrected chi connectivity index (χ3v) is 4.56. The summed E-state index contributed by atoms with van der Waals surface area (Å²) in [5.74, 6) is -1.91. The second kappa shape index (κ2) is 5.73. The fraction of sp³-hybridized carbons (Fsp3) is 0.500. The highest BCUT2D eigenvalue weighted by atomic mass is 19.1. The largest absolute Gasteiger partial charge is 0.469 e. The highest BCUT2D eigenvalue weighted by Gasteiger charge is 2.51. The van der Waals surface area contributed by atoms with E-state index in [1.54, 1.807) is 12.1 Å². The minimum absolute atomic E-state index is 0.307. The number of halogens is 1. The molecule has 3 rings (SSSR count). The summed E-state index contributed by atoms with van der Waals surface area (Å²) in [6, 6.07) is 6.10. The number of ether oxygens (including phenoxy) is 3. The molecular formula is C18H21FO4. The van der Waals surface area contributed by atoms with Crippen molar-refractivity contribution in [3.05, 3.63) is 41.7 Å². The molecule has 0 radical (unpaired) electrons. The van der Waals surface area contributed by atoms with Gasteiger partial charge in [-0.05, 0) is 34.8 Å². The van der Waals surface area contributed by atoms with Crippen molar-refractivity contribution >= 4 is 11.5 Å². The van der Waals surface area contributed by atoms with Gasteiger partial charge in [0.05, 0.1) is 26.2 Å². The molecule has 4 nitrogen and oxygen atoms in total. The summed E-state index contributed by atoms with van der Waals surface area (Å²) in [7, 11) is 1.38. The fourth-order valence-electron chi connectivity index (χ4n) is 3.64. The van der Waals surface area contributed by atoms with Crippen LogP contribution < -0.4 is 0 Å². The Balaban J connectivity index is 2.13. The van der Waals surface area contributed by atoms with Crippen LogP contribution in [-0.2, 0) is 19.0 Å². The topological polar surface area (TPSA) is 44.8 Å². The molecule has 0 amide bonds. The van der Waals surface area contributed by atoms with Crippen molar-refractivity contribution in [2.45, 2.75) is 26.1 Å².